The number of rotatable bonds is 8. The predicted molar refractivity (Wildman–Crippen MR) is 69.3 cm³/mol. The molecule has 0 fully saturated rings. The van der Waals surface area contributed by atoms with Crippen molar-refractivity contribution in [1.82, 2.24) is 0 Å². The van der Waals surface area contributed by atoms with E-state index in [4.69, 9.17) is 9.47 Å². The smallest absolute Gasteiger partial charge is 0.153 e. The highest BCUT2D eigenvalue weighted by Crippen LogP contribution is 2.28. The van der Waals surface area contributed by atoms with Gasteiger partial charge in [-0.3, -0.25) is 4.79 Å². The molecule has 0 saturated heterocycles. The van der Waals surface area contributed by atoms with Crippen LogP contribution in [0.1, 0.15) is 42.6 Å². The lowest BCUT2D eigenvalue weighted by Gasteiger charge is -2.14. The normalized spacial score (nSPS) is 10.2. The Bertz CT molecular complexity index is 388. The number of benzene rings is 1. The minimum atomic E-state index is -0.138. The topological polar surface area (TPSA) is 55.8 Å². The van der Waals surface area contributed by atoms with Gasteiger partial charge in [0.25, 0.3) is 0 Å². The van der Waals surface area contributed by atoms with Gasteiger partial charge in [-0.15, -0.1) is 0 Å². The summed E-state index contributed by atoms with van der Waals surface area (Å²) in [7, 11) is 0. The Hall–Kier alpha value is -1.55. The second-order valence-electron chi connectivity index (χ2n) is 3.97. The summed E-state index contributed by atoms with van der Waals surface area (Å²) in [5.74, 6) is 1.05. The van der Waals surface area contributed by atoms with Gasteiger partial charge in [-0.25, -0.2) is 0 Å². The van der Waals surface area contributed by atoms with Gasteiger partial charge in [0.2, 0.25) is 0 Å². The third-order valence-electron chi connectivity index (χ3n) is 2.41. The van der Waals surface area contributed by atoms with Crippen molar-refractivity contribution in [2.75, 3.05) is 13.2 Å². The minimum Gasteiger partial charge on any atom is -0.493 e. The van der Waals surface area contributed by atoms with Crippen LogP contribution in [0.3, 0.4) is 0 Å². The summed E-state index contributed by atoms with van der Waals surface area (Å²) >= 11 is 0. The molecule has 1 aromatic carbocycles. The molecule has 4 heteroatoms. The molecule has 1 aromatic rings. The van der Waals surface area contributed by atoms with Gasteiger partial charge in [-0.2, -0.15) is 0 Å². The van der Waals surface area contributed by atoms with E-state index in [1.165, 1.54) is 0 Å². The number of aliphatic hydroxyl groups excluding tert-OH is 1. The van der Waals surface area contributed by atoms with Crippen LogP contribution in [0.25, 0.3) is 0 Å². The molecule has 0 heterocycles. The Kier molecular flexibility index (Phi) is 6.22. The second kappa shape index (κ2) is 7.71. The maximum absolute atomic E-state index is 11.0. The Labute approximate surface area is 108 Å². The fourth-order valence-electron chi connectivity index (χ4n) is 1.52. The molecule has 0 aromatic heterocycles. The summed E-state index contributed by atoms with van der Waals surface area (Å²) in [6, 6.07) is 3.30. The third-order valence-corrected chi connectivity index (χ3v) is 2.41. The molecule has 0 unspecified atom stereocenters. The summed E-state index contributed by atoms with van der Waals surface area (Å²) in [6.07, 6.45) is 2.47. The van der Waals surface area contributed by atoms with Crippen molar-refractivity contribution < 1.29 is 19.4 Å². The fourth-order valence-corrected chi connectivity index (χ4v) is 1.52. The lowest BCUT2D eigenvalue weighted by Crippen LogP contribution is -2.04. The van der Waals surface area contributed by atoms with Gasteiger partial charge in [0.1, 0.15) is 11.5 Å². The van der Waals surface area contributed by atoms with Crippen molar-refractivity contribution in [3.05, 3.63) is 23.3 Å². The van der Waals surface area contributed by atoms with E-state index >= 15 is 0 Å². The van der Waals surface area contributed by atoms with Crippen molar-refractivity contribution in [1.29, 1.82) is 0 Å². The molecule has 18 heavy (non-hydrogen) atoms. The highest BCUT2D eigenvalue weighted by atomic mass is 16.5. The molecule has 0 amide bonds. The molecule has 0 radical (unpaired) electrons. The van der Waals surface area contributed by atoms with Gasteiger partial charge in [-0.1, -0.05) is 13.8 Å². The lowest BCUT2D eigenvalue weighted by atomic mass is 10.1. The highest BCUT2D eigenvalue weighted by Gasteiger charge is 2.11. The largest absolute Gasteiger partial charge is 0.493 e. The molecule has 0 spiro atoms. The summed E-state index contributed by atoms with van der Waals surface area (Å²) in [6.45, 7) is 4.95. The van der Waals surface area contributed by atoms with Gasteiger partial charge in [0.05, 0.1) is 25.4 Å². The Morgan fingerprint density at radius 1 is 1.11 bits per heavy atom. The Balaban J connectivity index is 3.02. The molecule has 0 aliphatic carbocycles. The number of aldehydes is 1. The number of ether oxygens (including phenoxy) is 2. The number of hydrogen-bond acceptors (Lipinski definition) is 4. The van der Waals surface area contributed by atoms with E-state index in [-0.39, 0.29) is 6.61 Å². The van der Waals surface area contributed by atoms with Crippen LogP contribution in [0.2, 0.25) is 0 Å². The quantitative estimate of drug-likeness (QED) is 0.722. The van der Waals surface area contributed by atoms with E-state index in [2.05, 4.69) is 0 Å². The van der Waals surface area contributed by atoms with E-state index in [0.717, 1.165) is 19.1 Å². The summed E-state index contributed by atoms with van der Waals surface area (Å²) in [5.41, 5.74) is 1.09. The highest BCUT2D eigenvalue weighted by molar-refractivity contribution is 5.80. The second-order valence-corrected chi connectivity index (χ2v) is 3.97. The van der Waals surface area contributed by atoms with Crippen LogP contribution in [0, 0.1) is 0 Å². The first kappa shape index (κ1) is 14.5. The fraction of sp³-hybridized carbons (Fsp3) is 0.500. The average Bonchev–Trinajstić information content (AvgIpc) is 2.42. The average molecular weight is 252 g/mol. The van der Waals surface area contributed by atoms with Crippen molar-refractivity contribution in [3.63, 3.8) is 0 Å². The van der Waals surface area contributed by atoms with Crippen LogP contribution >= 0.6 is 0 Å². The maximum Gasteiger partial charge on any atom is 0.153 e. The van der Waals surface area contributed by atoms with Crippen LogP contribution in [-0.4, -0.2) is 24.6 Å². The number of carbonyl (C=O) groups excluding carboxylic acids is 1. The van der Waals surface area contributed by atoms with E-state index < -0.39 is 0 Å². The van der Waals surface area contributed by atoms with Crippen LogP contribution < -0.4 is 9.47 Å². The maximum atomic E-state index is 11.0. The molecule has 1 N–H and O–H groups in total. The Morgan fingerprint density at radius 2 is 1.72 bits per heavy atom. The first-order valence-electron chi connectivity index (χ1n) is 6.25. The van der Waals surface area contributed by atoms with Gasteiger partial charge in [0, 0.05) is 5.56 Å². The molecular formula is C14H20O4. The SMILES string of the molecule is CCCOc1cc(CO)c(OCCC)cc1C=O. The van der Waals surface area contributed by atoms with Crippen molar-refractivity contribution in [2.24, 2.45) is 0 Å². The molecule has 0 aliphatic heterocycles. The zero-order valence-corrected chi connectivity index (χ0v) is 10.9. The predicted octanol–water partition coefficient (Wildman–Crippen LogP) is 2.57. The number of aliphatic hydroxyl groups is 1. The van der Waals surface area contributed by atoms with Crippen molar-refractivity contribution in [3.8, 4) is 11.5 Å². The summed E-state index contributed by atoms with van der Waals surface area (Å²) in [4.78, 5) is 11.0. The molecule has 0 atom stereocenters. The lowest BCUT2D eigenvalue weighted by molar-refractivity contribution is 0.111. The Morgan fingerprint density at radius 3 is 2.22 bits per heavy atom. The standard InChI is InChI=1S/C14H20O4/c1-3-5-17-13-7-12(10-16)14(18-6-4-2)8-11(13)9-15/h7-9,16H,3-6,10H2,1-2H3. The van der Waals surface area contributed by atoms with Gasteiger partial charge in [-0.05, 0) is 25.0 Å². The molecule has 4 nitrogen and oxygen atoms in total. The van der Waals surface area contributed by atoms with Gasteiger partial charge >= 0.3 is 0 Å². The number of hydrogen-bond donors (Lipinski definition) is 1. The zero-order chi connectivity index (χ0) is 13.4. The third kappa shape index (κ3) is 3.74. The molecule has 1 rings (SSSR count). The first-order valence-corrected chi connectivity index (χ1v) is 6.25. The molecule has 0 saturated carbocycles. The first-order chi connectivity index (χ1) is 8.76. The summed E-state index contributed by atoms with van der Waals surface area (Å²) in [5, 5.41) is 9.31. The molecule has 100 valence electrons. The van der Waals surface area contributed by atoms with E-state index in [1.54, 1.807) is 12.1 Å². The van der Waals surface area contributed by atoms with Crippen molar-refractivity contribution in [2.45, 2.75) is 33.3 Å². The zero-order valence-electron chi connectivity index (χ0n) is 10.9. The monoisotopic (exact) mass is 252 g/mol. The van der Waals surface area contributed by atoms with Crippen LogP contribution in [0.5, 0.6) is 11.5 Å². The minimum absolute atomic E-state index is 0.138. The molecule has 0 bridgehead atoms. The van der Waals surface area contributed by atoms with E-state index in [1.807, 2.05) is 13.8 Å². The van der Waals surface area contributed by atoms with Crippen LogP contribution in [-0.2, 0) is 6.61 Å². The number of carbonyl (C=O) groups is 1. The van der Waals surface area contributed by atoms with Gasteiger partial charge < -0.3 is 14.6 Å². The van der Waals surface area contributed by atoms with Gasteiger partial charge in [0.15, 0.2) is 6.29 Å². The van der Waals surface area contributed by atoms with Crippen LogP contribution in [0.15, 0.2) is 12.1 Å². The van der Waals surface area contributed by atoms with Crippen LogP contribution in [0.4, 0.5) is 0 Å². The molecule has 0 aliphatic rings. The molecular weight excluding hydrogens is 232 g/mol. The van der Waals surface area contributed by atoms with Crippen molar-refractivity contribution >= 4 is 6.29 Å². The summed E-state index contributed by atoms with van der Waals surface area (Å²) < 4.78 is 11.0. The van der Waals surface area contributed by atoms with E-state index in [0.29, 0.717) is 35.8 Å². The van der Waals surface area contributed by atoms with E-state index in [9.17, 15) is 9.90 Å².